The third-order valence-electron chi connectivity index (χ3n) is 4.67. The maximum absolute atomic E-state index is 11.4. The molecule has 0 amide bonds. The summed E-state index contributed by atoms with van der Waals surface area (Å²) in [4.78, 5) is 16.1. The van der Waals surface area contributed by atoms with Crippen molar-refractivity contribution in [3.63, 3.8) is 0 Å². The van der Waals surface area contributed by atoms with E-state index in [4.69, 9.17) is 21.3 Å². The molecule has 0 saturated heterocycles. The zero-order valence-corrected chi connectivity index (χ0v) is 17.3. The number of methoxy groups -OCH3 is 1. The van der Waals surface area contributed by atoms with E-state index >= 15 is 0 Å². The maximum atomic E-state index is 11.4. The Bertz CT molecular complexity index is 870. The molecule has 0 atom stereocenters. The third-order valence-corrected chi connectivity index (χ3v) is 5.00. The molecule has 0 aliphatic heterocycles. The summed E-state index contributed by atoms with van der Waals surface area (Å²) in [5.74, 6) is -0.00860. The van der Waals surface area contributed by atoms with Crippen molar-refractivity contribution in [2.45, 2.75) is 33.1 Å². The highest BCUT2D eigenvalue weighted by Crippen LogP contribution is 2.27. The lowest BCUT2D eigenvalue weighted by Crippen LogP contribution is -2.24. The lowest BCUT2D eigenvalue weighted by atomic mass is 9.87. The fraction of sp³-hybridized carbons (Fsp3) is 0.304. The molecule has 0 fully saturated rings. The number of benzene rings is 1. The second-order valence-electron chi connectivity index (χ2n) is 7.26. The molecule has 5 heteroatoms. The number of halogens is 1. The Morgan fingerprint density at radius 3 is 2.50 bits per heavy atom. The molecule has 1 N–H and O–H groups in total. The zero-order chi connectivity index (χ0) is 20.7. The molecule has 0 spiro atoms. The smallest absolute Gasteiger partial charge is 0.309 e. The number of allylic oxidation sites excluding steroid dienone is 2. The summed E-state index contributed by atoms with van der Waals surface area (Å²) < 4.78 is 5.21. The van der Waals surface area contributed by atoms with Crippen molar-refractivity contribution < 1.29 is 14.6 Å². The number of nitrogens with zero attached hydrogens (tertiary/aromatic N) is 1. The van der Waals surface area contributed by atoms with Crippen molar-refractivity contribution in [1.29, 1.82) is 0 Å². The molecule has 0 radical (unpaired) electrons. The van der Waals surface area contributed by atoms with Crippen molar-refractivity contribution in [2.75, 3.05) is 7.11 Å². The van der Waals surface area contributed by atoms with E-state index < -0.39 is 11.4 Å². The van der Waals surface area contributed by atoms with Crippen molar-refractivity contribution in [1.82, 2.24) is 4.98 Å². The first-order chi connectivity index (χ1) is 13.3. The average Bonchev–Trinajstić information content (AvgIpc) is 2.67. The summed E-state index contributed by atoms with van der Waals surface area (Å²) in [6, 6.07) is 11.7. The van der Waals surface area contributed by atoms with Gasteiger partial charge < -0.3 is 9.84 Å². The van der Waals surface area contributed by atoms with Gasteiger partial charge in [0, 0.05) is 22.7 Å². The number of rotatable bonds is 9. The fourth-order valence-corrected chi connectivity index (χ4v) is 2.98. The first-order valence-electron chi connectivity index (χ1n) is 9.10. The van der Waals surface area contributed by atoms with E-state index in [1.807, 2.05) is 36.4 Å². The average molecular weight is 400 g/mol. The summed E-state index contributed by atoms with van der Waals surface area (Å²) in [6.07, 6.45) is 5.08. The number of aliphatic carboxylic acids is 1. The summed E-state index contributed by atoms with van der Waals surface area (Å²) in [7, 11) is 1.64. The molecule has 28 heavy (non-hydrogen) atoms. The number of carbonyl (C=O) groups is 1. The van der Waals surface area contributed by atoms with Gasteiger partial charge in [0.2, 0.25) is 0 Å². The van der Waals surface area contributed by atoms with Crippen LogP contribution < -0.4 is 4.74 Å². The van der Waals surface area contributed by atoms with Gasteiger partial charge in [0.1, 0.15) is 5.75 Å². The van der Waals surface area contributed by atoms with Gasteiger partial charge in [-0.15, -0.1) is 0 Å². The van der Waals surface area contributed by atoms with Gasteiger partial charge in [0.25, 0.3) is 0 Å². The van der Waals surface area contributed by atoms with Crippen molar-refractivity contribution in [2.24, 2.45) is 5.41 Å². The topological polar surface area (TPSA) is 59.4 Å². The van der Waals surface area contributed by atoms with Crippen LogP contribution in [0.25, 0.3) is 5.03 Å². The van der Waals surface area contributed by atoms with Crippen LogP contribution in [0.1, 0.15) is 42.8 Å². The van der Waals surface area contributed by atoms with Gasteiger partial charge in [-0.3, -0.25) is 9.78 Å². The van der Waals surface area contributed by atoms with Crippen LogP contribution in [0.2, 0.25) is 0 Å². The van der Waals surface area contributed by atoms with Crippen molar-refractivity contribution in [3.05, 3.63) is 77.6 Å². The van der Waals surface area contributed by atoms with Gasteiger partial charge in [-0.2, -0.15) is 0 Å². The van der Waals surface area contributed by atoms with Crippen LogP contribution in [0.3, 0.4) is 0 Å². The number of hydrogen-bond donors (Lipinski definition) is 1. The second-order valence-corrected chi connectivity index (χ2v) is 7.67. The summed E-state index contributed by atoms with van der Waals surface area (Å²) in [6.45, 7) is 7.15. The molecule has 0 bridgehead atoms. The molecule has 0 aliphatic carbocycles. The first kappa shape index (κ1) is 21.7. The molecular weight excluding hydrogens is 374 g/mol. The minimum Gasteiger partial charge on any atom is -0.497 e. The van der Waals surface area contributed by atoms with Crippen LogP contribution in [0.4, 0.5) is 0 Å². The Kier molecular flexibility index (Phi) is 7.41. The molecule has 2 aromatic rings. The molecule has 2 rings (SSSR count). The predicted molar refractivity (Wildman–Crippen MR) is 114 cm³/mol. The van der Waals surface area contributed by atoms with Gasteiger partial charge in [-0.1, -0.05) is 36.4 Å². The van der Waals surface area contributed by atoms with Crippen molar-refractivity contribution in [3.8, 4) is 5.75 Å². The molecule has 1 aromatic carbocycles. The number of carboxylic acids is 1. The highest BCUT2D eigenvalue weighted by molar-refractivity contribution is 6.49. The summed E-state index contributed by atoms with van der Waals surface area (Å²) in [5, 5.41) is 9.90. The minimum atomic E-state index is -0.806. The van der Waals surface area contributed by atoms with Gasteiger partial charge in [-0.25, -0.2) is 0 Å². The SMILES string of the molecule is C=C/C=C(/Cl)c1ccc(CCC(C)(C)C(=O)O)nc1Cc1ccc(OC)cc1. The Labute approximate surface area is 171 Å². The van der Waals surface area contributed by atoms with E-state index in [2.05, 4.69) is 6.58 Å². The number of pyridine rings is 1. The van der Waals surface area contributed by atoms with Crippen LogP contribution in [-0.4, -0.2) is 23.2 Å². The zero-order valence-electron chi connectivity index (χ0n) is 16.5. The van der Waals surface area contributed by atoms with E-state index in [0.29, 0.717) is 24.3 Å². The lowest BCUT2D eigenvalue weighted by molar-refractivity contribution is -0.147. The molecule has 4 nitrogen and oxygen atoms in total. The molecule has 1 aromatic heterocycles. The van der Waals surface area contributed by atoms with E-state index in [1.165, 1.54) is 0 Å². The fourth-order valence-electron chi connectivity index (χ4n) is 2.72. The third kappa shape index (κ3) is 5.70. The molecule has 0 aliphatic rings. The molecule has 0 unspecified atom stereocenters. The van der Waals surface area contributed by atoms with E-state index in [-0.39, 0.29) is 0 Å². The Morgan fingerprint density at radius 2 is 1.93 bits per heavy atom. The predicted octanol–water partition coefficient (Wildman–Crippen LogP) is 5.49. The highest BCUT2D eigenvalue weighted by Gasteiger charge is 2.26. The van der Waals surface area contributed by atoms with Crippen molar-refractivity contribution >= 4 is 22.6 Å². The quantitative estimate of drug-likeness (QED) is 0.566. The summed E-state index contributed by atoms with van der Waals surface area (Å²) >= 11 is 6.42. The van der Waals surface area contributed by atoms with E-state index in [1.54, 1.807) is 33.1 Å². The second kappa shape index (κ2) is 9.56. The van der Waals surface area contributed by atoms with Gasteiger partial charge in [0.15, 0.2) is 0 Å². The Balaban J connectivity index is 2.33. The van der Waals surface area contributed by atoms with Crippen LogP contribution in [-0.2, 0) is 17.6 Å². The van der Waals surface area contributed by atoms with Crippen LogP contribution in [0.15, 0.2) is 55.1 Å². The number of ether oxygens (including phenoxy) is 1. The largest absolute Gasteiger partial charge is 0.497 e. The molecular formula is C23H26ClNO3. The Hall–Kier alpha value is -2.59. The van der Waals surface area contributed by atoms with Crippen LogP contribution >= 0.6 is 11.6 Å². The molecule has 1 heterocycles. The minimum absolute atomic E-state index is 0.507. The van der Waals surface area contributed by atoms with E-state index in [9.17, 15) is 9.90 Å². The first-order valence-corrected chi connectivity index (χ1v) is 9.48. The summed E-state index contributed by atoms with van der Waals surface area (Å²) in [5.41, 5.74) is 2.83. The number of carboxylic acid groups (broad SMARTS) is 1. The monoisotopic (exact) mass is 399 g/mol. The standard InChI is InChI=1S/C23H26ClNO3/c1-5-6-20(24)19-12-9-17(13-14-23(2,3)22(26)27)25-21(19)15-16-7-10-18(28-4)11-8-16/h5-12H,1,13-15H2,2-4H3,(H,26,27)/b20-6+. The maximum Gasteiger partial charge on any atom is 0.309 e. The van der Waals surface area contributed by atoms with Gasteiger partial charge in [0.05, 0.1) is 18.2 Å². The van der Waals surface area contributed by atoms with Gasteiger partial charge in [-0.05, 0) is 62.6 Å². The molecule has 0 saturated carbocycles. The number of aryl methyl sites for hydroxylation is 1. The lowest BCUT2D eigenvalue weighted by Gasteiger charge is -2.19. The normalized spacial score (nSPS) is 11.9. The Morgan fingerprint density at radius 1 is 1.25 bits per heavy atom. The number of aromatic nitrogens is 1. The van der Waals surface area contributed by atoms with Crippen LogP contribution in [0.5, 0.6) is 5.75 Å². The van der Waals surface area contributed by atoms with Crippen LogP contribution in [0, 0.1) is 5.41 Å². The van der Waals surface area contributed by atoms with Gasteiger partial charge >= 0.3 is 5.97 Å². The highest BCUT2D eigenvalue weighted by atomic mass is 35.5. The number of hydrogen-bond acceptors (Lipinski definition) is 3. The van der Waals surface area contributed by atoms with E-state index in [0.717, 1.165) is 28.3 Å². The molecule has 148 valence electrons.